The third-order valence-electron chi connectivity index (χ3n) is 7.01. The van der Waals surface area contributed by atoms with Gasteiger partial charge >= 0.3 is 12.1 Å². The summed E-state index contributed by atoms with van der Waals surface area (Å²) < 4.78 is 5.64. The molecule has 0 saturated heterocycles. The van der Waals surface area contributed by atoms with Crippen LogP contribution in [0.2, 0.25) is 0 Å². The third-order valence-corrected chi connectivity index (χ3v) is 7.91. The monoisotopic (exact) mass is 654 g/mol. The lowest BCUT2D eigenvalue weighted by Gasteiger charge is -2.22. The zero-order valence-corrected chi connectivity index (χ0v) is 26.0. The number of carbonyl (C=O) groups excluding carboxylic acids is 3. The van der Waals surface area contributed by atoms with E-state index in [-0.39, 0.29) is 65.4 Å². The topological polar surface area (TPSA) is 122 Å². The number of benzene rings is 3. The van der Waals surface area contributed by atoms with Gasteiger partial charge in [-0.3, -0.25) is 9.59 Å². The third kappa shape index (κ3) is 8.69. The molecule has 2 atom stereocenters. The second kappa shape index (κ2) is 15.6. The van der Waals surface area contributed by atoms with Gasteiger partial charge in [0.2, 0.25) is 5.91 Å². The number of Topliss-reactive ketones (excluding diaryl/α,β-unsaturated/α-hetero) is 1. The predicted octanol–water partition coefficient (Wildman–Crippen LogP) is 0.937. The van der Waals surface area contributed by atoms with E-state index in [1.54, 1.807) is 0 Å². The number of ether oxygens (including phenoxy) is 1. The Kier molecular flexibility index (Phi) is 12.2. The minimum absolute atomic E-state index is 0. The number of carboxylic acid groups (broad SMARTS) is 1. The van der Waals surface area contributed by atoms with Gasteiger partial charge in [-0.2, -0.15) is 0 Å². The highest BCUT2D eigenvalue weighted by atomic mass is 79.9. The summed E-state index contributed by atoms with van der Waals surface area (Å²) in [5.41, 5.74) is 5.12. The van der Waals surface area contributed by atoms with Crippen LogP contribution in [0.25, 0.3) is 11.1 Å². The lowest BCUT2D eigenvalue weighted by Crippen LogP contribution is -3.00. The van der Waals surface area contributed by atoms with Gasteiger partial charge in [-0.05, 0) is 45.1 Å². The van der Waals surface area contributed by atoms with Crippen LogP contribution >= 0.6 is 0 Å². The number of carbonyl (C=O) groups is 4. The molecule has 0 bridgehead atoms. The SMILES string of the molecule is C[S+](C)CC(=O)CCC(NC(=O)C(Cc1ccccc1)NC(=O)OCC1c2ccccc2-c2ccccc21)C(=O)O.[Br-]. The van der Waals surface area contributed by atoms with Crippen LogP contribution in [0.3, 0.4) is 0 Å². The summed E-state index contributed by atoms with van der Waals surface area (Å²) in [5, 5.41) is 14.9. The van der Waals surface area contributed by atoms with Crippen molar-refractivity contribution in [3.63, 3.8) is 0 Å². The Bertz CT molecular complexity index is 1360. The number of carboxylic acids is 1. The standard InChI is InChI=1S/C32H34N2O6S.BrH/c1-41(2)20-22(35)16-17-28(31(37)38)33-30(36)29(18-21-10-4-3-5-11-21)34-32(39)40-19-27-25-14-8-6-12-23(25)24-13-7-9-15-26(24)27;/h3-15,27-29H,16-20H2,1-2H3,(H2-,33,34,36,37,38,39);1H. The van der Waals surface area contributed by atoms with Crippen molar-refractivity contribution in [2.75, 3.05) is 24.9 Å². The van der Waals surface area contributed by atoms with Crippen LogP contribution < -0.4 is 27.6 Å². The summed E-state index contributed by atoms with van der Waals surface area (Å²) in [7, 11) is -0.0920. The van der Waals surface area contributed by atoms with E-state index in [4.69, 9.17) is 4.74 Å². The zero-order chi connectivity index (χ0) is 29.4. The molecular weight excluding hydrogens is 620 g/mol. The first-order valence-corrected chi connectivity index (χ1v) is 15.7. The van der Waals surface area contributed by atoms with E-state index in [1.165, 1.54) is 0 Å². The minimum Gasteiger partial charge on any atom is -1.00 e. The van der Waals surface area contributed by atoms with Crippen molar-refractivity contribution in [1.29, 1.82) is 0 Å². The molecule has 0 heterocycles. The van der Waals surface area contributed by atoms with Gasteiger partial charge in [-0.25, -0.2) is 9.59 Å². The Labute approximate surface area is 259 Å². The highest BCUT2D eigenvalue weighted by Gasteiger charge is 2.31. The van der Waals surface area contributed by atoms with Crippen molar-refractivity contribution in [2.24, 2.45) is 0 Å². The molecule has 42 heavy (non-hydrogen) atoms. The van der Waals surface area contributed by atoms with Crippen LogP contribution in [0.4, 0.5) is 4.79 Å². The summed E-state index contributed by atoms with van der Waals surface area (Å²) in [6.45, 7) is 0.0793. The van der Waals surface area contributed by atoms with Gasteiger partial charge in [-0.15, -0.1) is 0 Å². The summed E-state index contributed by atoms with van der Waals surface area (Å²) in [6.07, 6.45) is 3.26. The number of rotatable bonds is 13. The Hall–Kier alpha value is -3.63. The summed E-state index contributed by atoms with van der Waals surface area (Å²) >= 11 is 0. The number of hydrogen-bond acceptors (Lipinski definition) is 5. The van der Waals surface area contributed by atoms with Crippen molar-refractivity contribution >= 4 is 34.6 Å². The van der Waals surface area contributed by atoms with E-state index in [1.807, 2.05) is 91.4 Å². The van der Waals surface area contributed by atoms with Crippen LogP contribution in [-0.2, 0) is 36.4 Å². The molecule has 4 rings (SSSR count). The van der Waals surface area contributed by atoms with Gasteiger partial charge in [0.25, 0.3) is 0 Å². The second-order valence-corrected chi connectivity index (χ2v) is 12.6. The Morgan fingerprint density at radius 2 is 1.40 bits per heavy atom. The van der Waals surface area contributed by atoms with E-state index in [9.17, 15) is 24.3 Å². The van der Waals surface area contributed by atoms with Crippen molar-refractivity contribution in [2.45, 2.75) is 37.3 Å². The van der Waals surface area contributed by atoms with Gasteiger partial charge in [0.15, 0.2) is 11.5 Å². The Morgan fingerprint density at radius 1 is 0.833 bits per heavy atom. The van der Waals surface area contributed by atoms with Crippen LogP contribution in [0.15, 0.2) is 78.9 Å². The molecule has 0 aromatic heterocycles. The average Bonchev–Trinajstić information content (AvgIpc) is 3.27. The summed E-state index contributed by atoms with van der Waals surface area (Å²) in [6, 6.07) is 22.8. The van der Waals surface area contributed by atoms with E-state index in [2.05, 4.69) is 10.6 Å². The second-order valence-electron chi connectivity index (χ2n) is 10.3. The highest BCUT2D eigenvalue weighted by Crippen LogP contribution is 2.44. The van der Waals surface area contributed by atoms with Crippen LogP contribution in [0.5, 0.6) is 0 Å². The van der Waals surface area contributed by atoms with Crippen molar-refractivity contribution in [3.05, 3.63) is 95.6 Å². The number of alkyl carbamates (subject to hydrolysis) is 1. The van der Waals surface area contributed by atoms with E-state index in [0.717, 1.165) is 27.8 Å². The van der Waals surface area contributed by atoms with E-state index in [0.29, 0.717) is 5.75 Å². The van der Waals surface area contributed by atoms with Crippen LogP contribution in [-0.4, -0.2) is 65.8 Å². The molecule has 10 heteroatoms. The lowest BCUT2D eigenvalue weighted by atomic mass is 9.98. The number of amides is 2. The van der Waals surface area contributed by atoms with E-state index >= 15 is 0 Å². The first-order valence-electron chi connectivity index (χ1n) is 13.5. The first-order chi connectivity index (χ1) is 19.7. The van der Waals surface area contributed by atoms with Gasteiger partial charge in [0.05, 0.1) is 12.5 Å². The van der Waals surface area contributed by atoms with E-state index < -0.39 is 30.1 Å². The minimum atomic E-state index is -1.26. The number of halogens is 1. The fourth-order valence-corrected chi connectivity index (χ4v) is 5.86. The molecule has 0 spiro atoms. The normalized spacial score (nSPS) is 13.2. The molecule has 0 fully saturated rings. The molecule has 0 aliphatic heterocycles. The summed E-state index contributed by atoms with van der Waals surface area (Å²) in [4.78, 5) is 50.3. The van der Waals surface area contributed by atoms with Crippen molar-refractivity contribution in [1.82, 2.24) is 10.6 Å². The lowest BCUT2D eigenvalue weighted by molar-refractivity contribution is -0.142. The number of fused-ring (bicyclic) bond motifs is 3. The average molecular weight is 656 g/mol. The molecule has 3 N–H and O–H groups in total. The number of hydrogen-bond donors (Lipinski definition) is 3. The molecule has 222 valence electrons. The Morgan fingerprint density at radius 3 is 1.98 bits per heavy atom. The molecule has 3 aromatic rings. The maximum atomic E-state index is 13.3. The molecule has 8 nitrogen and oxygen atoms in total. The maximum Gasteiger partial charge on any atom is 0.407 e. The van der Waals surface area contributed by atoms with Crippen molar-refractivity contribution in [3.8, 4) is 11.1 Å². The Balaban J connectivity index is 0.00000484. The predicted molar refractivity (Wildman–Crippen MR) is 160 cm³/mol. The zero-order valence-electron chi connectivity index (χ0n) is 23.5. The van der Waals surface area contributed by atoms with Gasteiger partial charge in [0, 0.05) is 18.8 Å². The molecule has 2 unspecified atom stereocenters. The highest BCUT2D eigenvalue weighted by molar-refractivity contribution is 7.96. The molecule has 3 aromatic carbocycles. The van der Waals surface area contributed by atoms with Crippen LogP contribution in [0.1, 0.15) is 35.4 Å². The molecular formula is C32H35BrN2O6S. The smallest absolute Gasteiger partial charge is 0.407 e. The number of nitrogens with one attached hydrogen (secondary N) is 2. The summed E-state index contributed by atoms with van der Waals surface area (Å²) in [5.74, 6) is -1.71. The van der Waals surface area contributed by atoms with Crippen molar-refractivity contribution < 1.29 is 46.0 Å². The van der Waals surface area contributed by atoms with Gasteiger partial charge < -0.3 is 37.5 Å². The van der Waals surface area contributed by atoms with Gasteiger partial charge in [0.1, 0.15) is 18.7 Å². The van der Waals surface area contributed by atoms with Crippen LogP contribution in [0, 0.1) is 0 Å². The first kappa shape index (κ1) is 32.9. The maximum absolute atomic E-state index is 13.3. The molecule has 0 radical (unpaired) electrons. The van der Waals surface area contributed by atoms with Gasteiger partial charge in [-0.1, -0.05) is 78.9 Å². The molecule has 0 saturated carbocycles. The number of ketones is 1. The molecule has 1 aliphatic rings. The quantitative estimate of drug-likeness (QED) is 0.236. The fourth-order valence-electron chi connectivity index (χ4n) is 5.07. The molecule has 1 aliphatic carbocycles. The fraction of sp³-hybridized carbons (Fsp3) is 0.312. The number of aliphatic carboxylic acids is 1. The molecule has 2 amide bonds. The largest absolute Gasteiger partial charge is 1.00 e.